The molecule has 0 aliphatic rings. The third-order valence-electron chi connectivity index (χ3n) is 4.84. The number of aryl methyl sites for hydroxylation is 1. The fraction of sp³-hybridized carbons (Fsp3) is 0.273. The lowest BCUT2D eigenvalue weighted by Gasteiger charge is -2.17. The van der Waals surface area contributed by atoms with Gasteiger partial charge in [0, 0.05) is 10.3 Å². The number of carbonyl (C=O) groups is 2. The average molecular weight is 439 g/mol. The third kappa shape index (κ3) is 4.36. The van der Waals surface area contributed by atoms with E-state index in [1.807, 2.05) is 36.6 Å². The summed E-state index contributed by atoms with van der Waals surface area (Å²) in [7, 11) is 0. The van der Waals surface area contributed by atoms with Crippen LogP contribution in [0.3, 0.4) is 0 Å². The van der Waals surface area contributed by atoms with E-state index in [9.17, 15) is 14.4 Å². The molecule has 0 spiro atoms. The summed E-state index contributed by atoms with van der Waals surface area (Å²) in [4.78, 5) is 38.0. The first kappa shape index (κ1) is 20.8. The number of aromatic nitrogens is 2. The maximum absolute atomic E-state index is 12.9. The highest BCUT2D eigenvalue weighted by Gasteiger charge is 2.22. The lowest BCUT2D eigenvalue weighted by molar-refractivity contribution is -0.143. The van der Waals surface area contributed by atoms with Gasteiger partial charge in [0.05, 0.1) is 30.8 Å². The van der Waals surface area contributed by atoms with E-state index >= 15 is 0 Å². The number of amides is 1. The zero-order valence-electron chi connectivity index (χ0n) is 17.1. The molecule has 4 aromatic rings. The summed E-state index contributed by atoms with van der Waals surface area (Å²) >= 11 is 1.45. The molecule has 1 N–H and O–H groups in total. The topological polar surface area (TPSA) is 103 Å². The number of nitrogens with one attached hydrogen (secondary N) is 1. The molecular weight excluding hydrogens is 418 g/mol. The number of thiophene rings is 1. The van der Waals surface area contributed by atoms with Gasteiger partial charge in [0.1, 0.15) is 17.5 Å². The van der Waals surface area contributed by atoms with Crippen LogP contribution in [0.5, 0.6) is 0 Å². The smallest absolute Gasteiger partial charge is 0.347 e. The molecule has 0 fully saturated rings. The van der Waals surface area contributed by atoms with E-state index in [0.717, 1.165) is 10.4 Å². The van der Waals surface area contributed by atoms with Crippen molar-refractivity contribution in [2.75, 3.05) is 6.61 Å². The Morgan fingerprint density at radius 1 is 1.29 bits per heavy atom. The normalized spacial score (nSPS) is 12.2. The molecule has 0 radical (unpaired) electrons. The number of esters is 1. The molecule has 0 saturated heterocycles. The molecule has 0 aliphatic carbocycles. The van der Waals surface area contributed by atoms with E-state index in [4.69, 9.17) is 9.15 Å². The minimum Gasteiger partial charge on any atom is -0.466 e. The van der Waals surface area contributed by atoms with E-state index in [1.165, 1.54) is 22.2 Å². The van der Waals surface area contributed by atoms with Gasteiger partial charge in [-0.25, -0.2) is 4.79 Å². The van der Waals surface area contributed by atoms with Gasteiger partial charge in [-0.3, -0.25) is 14.3 Å². The van der Waals surface area contributed by atoms with Gasteiger partial charge < -0.3 is 14.5 Å². The number of fused-ring (bicyclic) bond motifs is 3. The molecule has 160 valence electrons. The minimum absolute atomic E-state index is 0.0334. The highest BCUT2D eigenvalue weighted by atomic mass is 32.1. The summed E-state index contributed by atoms with van der Waals surface area (Å²) in [5.41, 5.74) is 1.47. The first-order chi connectivity index (χ1) is 15.0. The molecule has 8 nitrogen and oxygen atoms in total. The van der Waals surface area contributed by atoms with Crippen molar-refractivity contribution in [1.29, 1.82) is 0 Å². The molecule has 3 aromatic heterocycles. The standard InChI is InChI=1S/C22H21N3O5S/c1-3-29-20(27)10-16(18-5-4-8-31-18)24-19(26)12-25-21-14-9-13(2)6-7-17(14)30-22(28)15(21)11-23-25/h4-9,11,16H,3,10,12H2,1-2H3,(H,24,26)/t16-/m1/s1. The molecular formula is C22H21N3O5S. The molecule has 1 atom stereocenters. The quantitative estimate of drug-likeness (QED) is 0.350. The van der Waals surface area contributed by atoms with Gasteiger partial charge in [-0.2, -0.15) is 5.10 Å². The van der Waals surface area contributed by atoms with Gasteiger partial charge in [0.15, 0.2) is 0 Å². The van der Waals surface area contributed by atoms with Crippen molar-refractivity contribution in [3.63, 3.8) is 0 Å². The first-order valence-corrected chi connectivity index (χ1v) is 10.7. The summed E-state index contributed by atoms with van der Waals surface area (Å²) in [5, 5.41) is 10.0. The summed E-state index contributed by atoms with van der Waals surface area (Å²) in [6.07, 6.45) is 1.44. The Hall–Kier alpha value is -3.46. The molecule has 0 bridgehead atoms. The number of ether oxygens (including phenoxy) is 1. The molecule has 9 heteroatoms. The lowest BCUT2D eigenvalue weighted by Crippen LogP contribution is -2.33. The number of rotatable bonds is 7. The van der Waals surface area contributed by atoms with Crippen molar-refractivity contribution in [1.82, 2.24) is 15.1 Å². The van der Waals surface area contributed by atoms with Crippen LogP contribution in [0.2, 0.25) is 0 Å². The lowest BCUT2D eigenvalue weighted by atomic mass is 10.1. The summed E-state index contributed by atoms with van der Waals surface area (Å²) in [5.74, 6) is -0.716. The van der Waals surface area contributed by atoms with E-state index in [0.29, 0.717) is 21.9 Å². The predicted octanol–water partition coefficient (Wildman–Crippen LogP) is 3.32. The van der Waals surface area contributed by atoms with Crippen LogP contribution in [0.15, 0.2) is 51.1 Å². The maximum atomic E-state index is 12.9. The molecule has 1 amide bonds. The van der Waals surface area contributed by atoms with Crippen LogP contribution in [-0.2, 0) is 20.9 Å². The van der Waals surface area contributed by atoms with Crippen LogP contribution in [0.4, 0.5) is 0 Å². The van der Waals surface area contributed by atoms with Gasteiger partial charge in [0.2, 0.25) is 5.91 Å². The van der Waals surface area contributed by atoms with Gasteiger partial charge in [-0.1, -0.05) is 17.7 Å². The Balaban J connectivity index is 1.63. The highest BCUT2D eigenvalue weighted by molar-refractivity contribution is 7.10. The average Bonchev–Trinajstić information content (AvgIpc) is 3.39. The van der Waals surface area contributed by atoms with Crippen molar-refractivity contribution in [2.24, 2.45) is 0 Å². The molecule has 1 aromatic carbocycles. The van der Waals surface area contributed by atoms with Crippen molar-refractivity contribution >= 4 is 45.1 Å². The number of carbonyl (C=O) groups excluding carboxylic acids is 2. The van der Waals surface area contributed by atoms with E-state index < -0.39 is 11.7 Å². The van der Waals surface area contributed by atoms with Crippen molar-refractivity contribution in [3.05, 3.63) is 62.8 Å². The van der Waals surface area contributed by atoms with Gasteiger partial charge in [-0.15, -0.1) is 11.3 Å². The Bertz CT molecular complexity index is 1310. The summed E-state index contributed by atoms with van der Waals surface area (Å²) in [6, 6.07) is 8.70. The molecule has 0 aliphatic heterocycles. The predicted molar refractivity (Wildman–Crippen MR) is 117 cm³/mol. The second-order valence-corrected chi connectivity index (χ2v) is 8.08. The summed E-state index contributed by atoms with van der Waals surface area (Å²) in [6.45, 7) is 3.84. The van der Waals surface area contributed by atoms with Crippen LogP contribution >= 0.6 is 11.3 Å². The molecule has 31 heavy (non-hydrogen) atoms. The largest absolute Gasteiger partial charge is 0.466 e. The van der Waals surface area contributed by atoms with E-state index in [-0.39, 0.29) is 31.4 Å². The number of hydrogen-bond acceptors (Lipinski definition) is 7. The SMILES string of the molecule is CCOC(=O)C[C@@H](NC(=O)Cn1ncc2c(=O)oc3ccc(C)cc3c21)c1cccs1. The van der Waals surface area contributed by atoms with Gasteiger partial charge in [0.25, 0.3) is 0 Å². The minimum atomic E-state index is -0.503. The van der Waals surface area contributed by atoms with Crippen molar-refractivity contribution in [2.45, 2.75) is 32.9 Å². The molecule has 0 unspecified atom stereocenters. The second kappa shape index (κ2) is 8.73. The maximum Gasteiger partial charge on any atom is 0.347 e. The van der Waals surface area contributed by atoms with E-state index in [1.54, 1.807) is 13.0 Å². The number of hydrogen-bond donors (Lipinski definition) is 1. The zero-order chi connectivity index (χ0) is 22.0. The fourth-order valence-corrected chi connectivity index (χ4v) is 4.26. The van der Waals surface area contributed by atoms with E-state index in [2.05, 4.69) is 10.4 Å². The van der Waals surface area contributed by atoms with Crippen LogP contribution in [0.1, 0.15) is 29.8 Å². The second-order valence-electron chi connectivity index (χ2n) is 7.10. The van der Waals surface area contributed by atoms with Gasteiger partial charge in [-0.05, 0) is 37.4 Å². The Morgan fingerprint density at radius 2 is 2.13 bits per heavy atom. The summed E-state index contributed by atoms with van der Waals surface area (Å²) < 4.78 is 11.9. The molecule has 4 rings (SSSR count). The highest BCUT2D eigenvalue weighted by Crippen LogP contribution is 2.25. The Kier molecular flexibility index (Phi) is 5.85. The zero-order valence-corrected chi connectivity index (χ0v) is 17.9. The van der Waals surface area contributed by atoms with Crippen LogP contribution in [0.25, 0.3) is 21.9 Å². The molecule has 0 saturated carbocycles. The van der Waals surface area contributed by atoms with Crippen LogP contribution < -0.4 is 10.9 Å². The number of nitrogens with zero attached hydrogens (tertiary/aromatic N) is 2. The Morgan fingerprint density at radius 3 is 2.87 bits per heavy atom. The van der Waals surface area contributed by atoms with Crippen molar-refractivity contribution in [3.8, 4) is 0 Å². The number of benzene rings is 1. The van der Waals surface area contributed by atoms with Crippen molar-refractivity contribution < 1.29 is 18.7 Å². The van der Waals surface area contributed by atoms with Gasteiger partial charge >= 0.3 is 11.6 Å². The monoisotopic (exact) mass is 439 g/mol. The molecule has 3 heterocycles. The van der Waals surface area contributed by atoms with Crippen LogP contribution in [0, 0.1) is 6.92 Å². The van der Waals surface area contributed by atoms with Crippen LogP contribution in [-0.4, -0.2) is 28.3 Å². The fourth-order valence-electron chi connectivity index (χ4n) is 3.49. The Labute approximate surface area is 181 Å². The third-order valence-corrected chi connectivity index (χ3v) is 5.83. The first-order valence-electron chi connectivity index (χ1n) is 9.83.